The van der Waals surface area contributed by atoms with Gasteiger partial charge in [-0.3, -0.25) is 0 Å². The largest absolute Gasteiger partial charge is 0.495 e. The summed E-state index contributed by atoms with van der Waals surface area (Å²) in [6.07, 6.45) is 0. The minimum absolute atomic E-state index is 0.232. The Labute approximate surface area is 113 Å². The predicted octanol–water partition coefficient (Wildman–Crippen LogP) is 4.52. The van der Waals surface area contributed by atoms with Crippen LogP contribution in [0.2, 0.25) is 5.02 Å². The third-order valence-electron chi connectivity index (χ3n) is 2.83. The Morgan fingerprint density at radius 3 is 2.44 bits per heavy atom. The van der Waals surface area contributed by atoms with Crippen LogP contribution in [-0.2, 0) is 0 Å². The molecule has 2 aromatic carbocycles. The molecule has 0 aliphatic rings. The van der Waals surface area contributed by atoms with Gasteiger partial charge in [0.15, 0.2) is 0 Å². The Morgan fingerprint density at radius 2 is 1.83 bits per heavy atom. The van der Waals surface area contributed by atoms with Crippen molar-refractivity contribution >= 4 is 17.3 Å². The highest BCUT2D eigenvalue weighted by atomic mass is 35.5. The van der Waals surface area contributed by atoms with Crippen LogP contribution in [0.3, 0.4) is 0 Å². The van der Waals surface area contributed by atoms with Gasteiger partial charge in [-0.05, 0) is 30.7 Å². The van der Waals surface area contributed by atoms with E-state index in [1.807, 2.05) is 36.4 Å². The first-order chi connectivity index (χ1) is 8.70. The molecule has 0 aliphatic heterocycles. The Bertz CT molecular complexity index is 513. The van der Waals surface area contributed by atoms with Crippen LogP contribution in [0.25, 0.3) is 0 Å². The molecule has 2 aromatic rings. The van der Waals surface area contributed by atoms with Crippen molar-refractivity contribution in [3.8, 4) is 5.75 Å². The Balaban J connectivity index is 2.12. The summed E-state index contributed by atoms with van der Waals surface area (Å²) in [6.45, 7) is 2.12. The smallest absolute Gasteiger partial charge is 0.137 e. The van der Waals surface area contributed by atoms with Crippen molar-refractivity contribution < 1.29 is 4.74 Å². The molecule has 0 spiro atoms. The second-order valence-electron chi connectivity index (χ2n) is 4.13. The van der Waals surface area contributed by atoms with Gasteiger partial charge in [-0.2, -0.15) is 0 Å². The highest BCUT2D eigenvalue weighted by Crippen LogP contribution is 2.29. The average molecular weight is 262 g/mol. The van der Waals surface area contributed by atoms with E-state index in [0.29, 0.717) is 10.8 Å². The first-order valence-electron chi connectivity index (χ1n) is 5.85. The van der Waals surface area contributed by atoms with Crippen LogP contribution in [0.15, 0.2) is 48.5 Å². The van der Waals surface area contributed by atoms with Gasteiger partial charge < -0.3 is 10.1 Å². The van der Waals surface area contributed by atoms with Crippen LogP contribution in [0.5, 0.6) is 5.75 Å². The summed E-state index contributed by atoms with van der Waals surface area (Å²) < 4.78 is 5.13. The molecule has 0 saturated heterocycles. The number of hydrogen-bond donors (Lipinski definition) is 1. The molecule has 18 heavy (non-hydrogen) atoms. The fourth-order valence-electron chi connectivity index (χ4n) is 1.83. The van der Waals surface area contributed by atoms with E-state index in [1.165, 1.54) is 5.56 Å². The molecule has 0 saturated carbocycles. The molecule has 0 aromatic heterocycles. The second-order valence-corrected chi connectivity index (χ2v) is 4.53. The molecule has 0 heterocycles. The van der Waals surface area contributed by atoms with Gasteiger partial charge in [-0.25, -0.2) is 0 Å². The lowest BCUT2D eigenvalue weighted by molar-refractivity contribution is 0.415. The third kappa shape index (κ3) is 2.96. The van der Waals surface area contributed by atoms with Gasteiger partial charge in [0.2, 0.25) is 0 Å². The predicted molar refractivity (Wildman–Crippen MR) is 76.5 cm³/mol. The summed E-state index contributed by atoms with van der Waals surface area (Å²) in [5.41, 5.74) is 2.22. The summed E-state index contributed by atoms with van der Waals surface area (Å²) in [6, 6.07) is 16.2. The number of halogens is 1. The van der Waals surface area contributed by atoms with E-state index in [-0.39, 0.29) is 6.04 Å². The summed E-state index contributed by atoms with van der Waals surface area (Å²) in [5, 5.41) is 4.02. The fourth-order valence-corrected chi connectivity index (χ4v) is 2.09. The zero-order valence-corrected chi connectivity index (χ0v) is 11.2. The molecule has 2 nitrogen and oxygen atoms in total. The van der Waals surface area contributed by atoms with Crippen molar-refractivity contribution in [3.05, 3.63) is 59.1 Å². The van der Waals surface area contributed by atoms with Crippen molar-refractivity contribution in [3.63, 3.8) is 0 Å². The molecule has 3 heteroatoms. The fraction of sp³-hybridized carbons (Fsp3) is 0.200. The van der Waals surface area contributed by atoms with E-state index in [0.717, 1.165) is 5.69 Å². The molecule has 0 aliphatic carbocycles. The maximum absolute atomic E-state index is 6.09. The highest BCUT2D eigenvalue weighted by Gasteiger charge is 2.06. The summed E-state index contributed by atoms with van der Waals surface area (Å²) in [4.78, 5) is 0. The molecule has 1 atom stereocenters. The quantitative estimate of drug-likeness (QED) is 0.874. The molecule has 0 radical (unpaired) electrons. The monoisotopic (exact) mass is 261 g/mol. The molecule has 0 fully saturated rings. The molecular weight excluding hydrogens is 246 g/mol. The lowest BCUT2D eigenvalue weighted by Gasteiger charge is -2.16. The average Bonchev–Trinajstić information content (AvgIpc) is 2.40. The number of benzene rings is 2. The molecule has 1 N–H and O–H groups in total. The minimum Gasteiger partial charge on any atom is -0.495 e. The molecule has 0 amide bonds. The minimum atomic E-state index is 0.232. The van der Waals surface area contributed by atoms with E-state index in [9.17, 15) is 0 Å². The van der Waals surface area contributed by atoms with Crippen LogP contribution < -0.4 is 10.1 Å². The number of hydrogen-bond acceptors (Lipinski definition) is 2. The molecule has 94 valence electrons. The maximum atomic E-state index is 6.09. The van der Waals surface area contributed by atoms with E-state index in [4.69, 9.17) is 16.3 Å². The lowest BCUT2D eigenvalue weighted by Crippen LogP contribution is -2.06. The maximum Gasteiger partial charge on any atom is 0.137 e. The number of ether oxygens (including phenoxy) is 1. The van der Waals surface area contributed by atoms with Gasteiger partial charge in [0.05, 0.1) is 12.1 Å². The van der Waals surface area contributed by atoms with Gasteiger partial charge in [-0.1, -0.05) is 41.9 Å². The summed E-state index contributed by atoms with van der Waals surface area (Å²) >= 11 is 6.09. The van der Waals surface area contributed by atoms with Crippen LogP contribution in [0.4, 0.5) is 5.69 Å². The highest BCUT2D eigenvalue weighted by molar-refractivity contribution is 6.32. The third-order valence-corrected chi connectivity index (χ3v) is 3.13. The zero-order chi connectivity index (χ0) is 13.0. The summed E-state index contributed by atoms with van der Waals surface area (Å²) in [5.74, 6) is 0.689. The van der Waals surface area contributed by atoms with Crippen molar-refractivity contribution in [2.45, 2.75) is 13.0 Å². The normalized spacial score (nSPS) is 11.9. The van der Waals surface area contributed by atoms with Crippen molar-refractivity contribution in [2.75, 3.05) is 12.4 Å². The van der Waals surface area contributed by atoms with Gasteiger partial charge in [0, 0.05) is 11.7 Å². The Hall–Kier alpha value is -1.67. The van der Waals surface area contributed by atoms with Crippen molar-refractivity contribution in [1.29, 1.82) is 0 Å². The number of anilines is 1. The molecule has 0 bridgehead atoms. The Morgan fingerprint density at radius 1 is 1.11 bits per heavy atom. The van der Waals surface area contributed by atoms with Gasteiger partial charge in [0.1, 0.15) is 5.75 Å². The molecule has 1 unspecified atom stereocenters. The molecule has 2 rings (SSSR count). The first-order valence-corrected chi connectivity index (χ1v) is 6.23. The summed E-state index contributed by atoms with van der Waals surface area (Å²) in [7, 11) is 1.61. The number of nitrogens with one attached hydrogen (secondary N) is 1. The lowest BCUT2D eigenvalue weighted by atomic mass is 10.1. The number of rotatable bonds is 4. The molecular formula is C15H16ClNO. The van der Waals surface area contributed by atoms with E-state index < -0.39 is 0 Å². The van der Waals surface area contributed by atoms with Gasteiger partial charge in [0.25, 0.3) is 0 Å². The van der Waals surface area contributed by atoms with Crippen LogP contribution in [-0.4, -0.2) is 7.11 Å². The van der Waals surface area contributed by atoms with Crippen LogP contribution in [0, 0.1) is 0 Å². The van der Waals surface area contributed by atoms with Gasteiger partial charge >= 0.3 is 0 Å². The Kier molecular flexibility index (Phi) is 4.11. The standard InChI is InChI=1S/C15H16ClNO/c1-11(12-6-4-3-5-7-12)17-13-8-9-15(18-2)14(16)10-13/h3-11,17H,1-2H3. The SMILES string of the molecule is COc1ccc(NC(C)c2ccccc2)cc1Cl. The van der Waals surface area contributed by atoms with E-state index in [1.54, 1.807) is 7.11 Å². The second kappa shape index (κ2) is 5.78. The van der Waals surface area contributed by atoms with Gasteiger partial charge in [-0.15, -0.1) is 0 Å². The van der Waals surface area contributed by atoms with Crippen molar-refractivity contribution in [1.82, 2.24) is 0 Å². The van der Waals surface area contributed by atoms with E-state index >= 15 is 0 Å². The van der Waals surface area contributed by atoms with E-state index in [2.05, 4.69) is 24.4 Å². The first kappa shape index (κ1) is 12.8. The van der Waals surface area contributed by atoms with Crippen LogP contribution >= 0.6 is 11.6 Å². The van der Waals surface area contributed by atoms with Crippen LogP contribution in [0.1, 0.15) is 18.5 Å². The number of methoxy groups -OCH3 is 1. The van der Waals surface area contributed by atoms with Crippen molar-refractivity contribution in [2.24, 2.45) is 0 Å². The topological polar surface area (TPSA) is 21.3 Å². The zero-order valence-electron chi connectivity index (χ0n) is 10.5.